The van der Waals surface area contributed by atoms with Gasteiger partial charge in [-0.1, -0.05) is 24.3 Å². The molecule has 226 valence electrons. The zero-order valence-corrected chi connectivity index (χ0v) is 26.1. The molecule has 0 fully saturated rings. The van der Waals surface area contributed by atoms with Crippen LogP contribution in [-0.2, 0) is 31.5 Å². The van der Waals surface area contributed by atoms with Crippen LogP contribution in [0.25, 0.3) is 33.9 Å². The molecule has 43 heavy (non-hydrogen) atoms. The molecule has 4 rings (SSSR count). The number of carboxylic acid groups (broad SMARTS) is 3. The molecule has 0 aliphatic heterocycles. The number of aromatic hydroxyl groups is 2. The van der Waals surface area contributed by atoms with Crippen LogP contribution >= 0.6 is 0 Å². The van der Waals surface area contributed by atoms with Gasteiger partial charge in [0.05, 0.1) is 22.8 Å². The number of phenolic OH excluding ortho intramolecular Hbond substituents is 2. The van der Waals surface area contributed by atoms with Crippen LogP contribution in [0.2, 0.25) is 0 Å². The van der Waals surface area contributed by atoms with E-state index in [0.29, 0.717) is 33.9 Å². The van der Waals surface area contributed by atoms with Crippen molar-refractivity contribution in [3.8, 4) is 45.4 Å². The van der Waals surface area contributed by atoms with Crippen LogP contribution in [0.15, 0.2) is 60.7 Å². The molecule has 11 heteroatoms. The molecule has 2 heterocycles. The van der Waals surface area contributed by atoms with E-state index in [1.807, 2.05) is 88.4 Å². The van der Waals surface area contributed by atoms with E-state index in [0.717, 1.165) is 43.0 Å². The fourth-order valence-corrected chi connectivity index (χ4v) is 3.77. The quantitative estimate of drug-likeness (QED) is 0.319. The summed E-state index contributed by atoms with van der Waals surface area (Å²) in [6.45, 7) is 10.7. The van der Waals surface area contributed by atoms with Gasteiger partial charge < -0.3 is 39.9 Å². The summed E-state index contributed by atoms with van der Waals surface area (Å²) in [5.41, 5.74) is 7.99. The number of rotatable bonds is 3. The van der Waals surface area contributed by atoms with Crippen LogP contribution in [0.3, 0.4) is 0 Å². The van der Waals surface area contributed by atoms with Crippen molar-refractivity contribution >= 4 is 17.9 Å². The number of pyridine rings is 2. The predicted octanol–water partition coefficient (Wildman–Crippen LogP) is 2.39. The second-order valence-corrected chi connectivity index (χ2v) is 9.25. The number of carbonyl (C=O) groups excluding carboxylic acids is 3. The van der Waals surface area contributed by atoms with Gasteiger partial charge in [0.1, 0.15) is 11.5 Å². The Labute approximate surface area is 261 Å². The average Bonchev–Trinajstić information content (AvgIpc) is 2.87. The molecule has 2 aromatic carbocycles. The third-order valence-electron chi connectivity index (χ3n) is 5.20. The Morgan fingerprint density at radius 2 is 0.814 bits per heavy atom. The SMILES string of the molecule is CC(=O)[O-].CC(=O)[O-].CC(=O)[O-].Cc1cc(C)c(O)c(-c2cccc(-c3cccc(-c4cc(C)cc(C)c4O)n3)n2)c1.[Mn+3]. The molecule has 0 amide bonds. The van der Waals surface area contributed by atoms with Gasteiger partial charge in [-0.25, -0.2) is 9.97 Å². The molecule has 0 saturated heterocycles. The summed E-state index contributed by atoms with van der Waals surface area (Å²) < 4.78 is 0. The van der Waals surface area contributed by atoms with Gasteiger partial charge in [-0.3, -0.25) is 0 Å². The minimum Gasteiger partial charge on any atom is -0.550 e. The summed E-state index contributed by atoms with van der Waals surface area (Å²) in [4.78, 5) is 36.2. The van der Waals surface area contributed by atoms with Crippen molar-refractivity contribution in [2.75, 3.05) is 0 Å². The van der Waals surface area contributed by atoms with Crippen LogP contribution in [0.5, 0.6) is 11.5 Å². The zero-order chi connectivity index (χ0) is 32.1. The first-order chi connectivity index (χ1) is 19.5. The van der Waals surface area contributed by atoms with Crippen LogP contribution in [-0.4, -0.2) is 38.1 Å². The molecule has 0 atom stereocenters. The summed E-state index contributed by atoms with van der Waals surface area (Å²) >= 11 is 0. The van der Waals surface area contributed by atoms with Crippen molar-refractivity contribution in [3.05, 3.63) is 82.9 Å². The number of carbonyl (C=O) groups is 3. The molecule has 0 spiro atoms. The van der Waals surface area contributed by atoms with Gasteiger partial charge in [0.2, 0.25) is 0 Å². The molecule has 2 N–H and O–H groups in total. The van der Waals surface area contributed by atoms with E-state index in [1.165, 1.54) is 0 Å². The first kappa shape index (κ1) is 38.3. The number of aromatic nitrogens is 2. The number of hydrogen-bond donors (Lipinski definition) is 2. The second-order valence-electron chi connectivity index (χ2n) is 9.25. The van der Waals surface area contributed by atoms with E-state index >= 15 is 0 Å². The Bertz CT molecular complexity index is 1430. The zero-order valence-electron chi connectivity index (χ0n) is 24.9. The largest absolute Gasteiger partial charge is 3.00 e. The van der Waals surface area contributed by atoms with Crippen molar-refractivity contribution in [1.29, 1.82) is 0 Å². The van der Waals surface area contributed by atoms with Crippen LogP contribution in [0.4, 0.5) is 0 Å². The van der Waals surface area contributed by atoms with E-state index in [2.05, 4.69) is 0 Å². The average molecular weight is 629 g/mol. The Morgan fingerprint density at radius 3 is 1.09 bits per heavy atom. The number of aliphatic carboxylic acids is 3. The van der Waals surface area contributed by atoms with Gasteiger partial charge in [-0.15, -0.1) is 0 Å². The molecule has 2 aromatic heterocycles. The molecule has 0 aliphatic carbocycles. The number of hydrogen-bond acceptors (Lipinski definition) is 10. The van der Waals surface area contributed by atoms with Crippen molar-refractivity contribution in [1.82, 2.24) is 9.97 Å². The normalized spacial score (nSPS) is 9.37. The van der Waals surface area contributed by atoms with Crippen molar-refractivity contribution in [2.24, 2.45) is 0 Å². The Kier molecular flexibility index (Phi) is 16.0. The summed E-state index contributed by atoms with van der Waals surface area (Å²) in [5.74, 6) is -2.76. The van der Waals surface area contributed by atoms with Gasteiger partial charge >= 0.3 is 17.1 Å². The van der Waals surface area contributed by atoms with E-state index in [-0.39, 0.29) is 28.6 Å². The minimum absolute atomic E-state index is 0. The summed E-state index contributed by atoms with van der Waals surface area (Å²) in [6, 6.07) is 19.2. The molecular weight excluding hydrogens is 595 g/mol. The van der Waals surface area contributed by atoms with E-state index in [1.54, 1.807) is 0 Å². The molecule has 0 bridgehead atoms. The maximum atomic E-state index is 10.5. The monoisotopic (exact) mass is 628 g/mol. The Morgan fingerprint density at radius 1 is 0.558 bits per heavy atom. The van der Waals surface area contributed by atoms with E-state index in [4.69, 9.17) is 39.7 Å². The molecule has 0 radical (unpaired) electrons. The van der Waals surface area contributed by atoms with Crippen LogP contribution in [0, 0.1) is 27.7 Å². The van der Waals surface area contributed by atoms with Gasteiger partial charge in [-0.2, -0.15) is 0 Å². The maximum absolute atomic E-state index is 10.5. The van der Waals surface area contributed by atoms with E-state index < -0.39 is 17.9 Å². The first-order valence-corrected chi connectivity index (χ1v) is 12.6. The topological polar surface area (TPSA) is 187 Å². The Hall–Kier alpha value is -4.73. The second kappa shape index (κ2) is 17.9. The van der Waals surface area contributed by atoms with Crippen molar-refractivity contribution in [3.63, 3.8) is 0 Å². The maximum Gasteiger partial charge on any atom is 3.00 e. The molecular formula is C32H33MnN2O8. The van der Waals surface area contributed by atoms with Crippen molar-refractivity contribution in [2.45, 2.75) is 48.5 Å². The Balaban J connectivity index is 0.00000116. The van der Waals surface area contributed by atoms with Gasteiger partial charge in [0.25, 0.3) is 0 Å². The molecule has 0 saturated carbocycles. The van der Waals surface area contributed by atoms with Gasteiger partial charge in [-0.05, 0) is 107 Å². The smallest absolute Gasteiger partial charge is 0.550 e. The van der Waals surface area contributed by atoms with Crippen molar-refractivity contribution < 1.29 is 57.0 Å². The first-order valence-electron chi connectivity index (χ1n) is 12.6. The van der Waals surface area contributed by atoms with E-state index in [9.17, 15) is 10.2 Å². The fraction of sp³-hybridized carbons (Fsp3) is 0.219. The predicted molar refractivity (Wildman–Crippen MR) is 153 cm³/mol. The third-order valence-corrected chi connectivity index (χ3v) is 5.20. The number of aryl methyl sites for hydroxylation is 4. The number of nitrogens with zero attached hydrogens (tertiary/aromatic N) is 2. The van der Waals surface area contributed by atoms with Crippen LogP contribution in [0.1, 0.15) is 43.0 Å². The molecule has 4 aromatic rings. The molecule has 0 unspecified atom stereocenters. The third kappa shape index (κ3) is 13.2. The van der Waals surface area contributed by atoms with Gasteiger partial charge in [0, 0.05) is 29.0 Å². The summed E-state index contributed by atoms with van der Waals surface area (Å²) in [5, 5.41) is 47.7. The fourth-order valence-electron chi connectivity index (χ4n) is 3.77. The molecule has 0 aliphatic rings. The summed E-state index contributed by atoms with van der Waals surface area (Å²) in [6.07, 6.45) is 0. The molecule has 10 nitrogen and oxygen atoms in total. The number of carboxylic acids is 3. The van der Waals surface area contributed by atoms with Gasteiger partial charge in [0.15, 0.2) is 0 Å². The van der Waals surface area contributed by atoms with Crippen LogP contribution < -0.4 is 15.3 Å². The number of benzene rings is 2. The summed E-state index contributed by atoms with van der Waals surface area (Å²) in [7, 11) is 0. The standard InChI is InChI=1S/C26H24N2O2.3C2H4O2.Mn/c1-15-11-17(3)25(29)19(13-15)21-7-5-9-23(27-21)24-10-6-8-22(28-24)20-14-16(2)12-18(4)26(20)30;3*1-2(3)4;/h5-14,29-30H,1-4H3;3*1H3,(H,3,4);/q;;;;+3/p-3. The number of phenols is 2. The minimum atomic E-state index is -1.08.